The van der Waals surface area contributed by atoms with Gasteiger partial charge in [0.05, 0.1) is 18.2 Å². The highest BCUT2D eigenvalue weighted by Crippen LogP contribution is 2.50. The van der Waals surface area contributed by atoms with Crippen molar-refractivity contribution in [2.45, 2.75) is 38.0 Å². The summed E-state index contributed by atoms with van der Waals surface area (Å²) in [5, 5.41) is 8.83. The van der Waals surface area contributed by atoms with Gasteiger partial charge in [-0.1, -0.05) is 15.9 Å². The molecule has 2 aliphatic rings. The first-order chi connectivity index (χ1) is 11.7. The maximum atomic E-state index is 12.9. The Morgan fingerprint density at radius 2 is 1.96 bits per heavy atom. The lowest BCUT2D eigenvalue weighted by Crippen LogP contribution is -2.51. The van der Waals surface area contributed by atoms with Gasteiger partial charge in [0.15, 0.2) is 0 Å². The van der Waals surface area contributed by atoms with Crippen LogP contribution in [0.5, 0.6) is 5.75 Å². The van der Waals surface area contributed by atoms with Gasteiger partial charge in [-0.05, 0) is 62.4 Å². The largest absolute Gasteiger partial charge is 0.490 e. The minimum Gasteiger partial charge on any atom is -0.490 e. The first-order valence-corrected chi connectivity index (χ1v) is 8.94. The van der Waals surface area contributed by atoms with Crippen LogP contribution in [0.25, 0.3) is 0 Å². The van der Waals surface area contributed by atoms with Crippen molar-refractivity contribution in [2.24, 2.45) is 5.41 Å². The summed E-state index contributed by atoms with van der Waals surface area (Å²) in [6.07, 6.45) is -1.05. The quantitative estimate of drug-likeness (QED) is 0.792. The van der Waals surface area contributed by atoms with E-state index in [-0.39, 0.29) is 28.3 Å². The number of ether oxygens (including phenoxy) is 1. The second kappa shape index (κ2) is 6.79. The average molecular weight is 422 g/mol. The highest BCUT2D eigenvalue weighted by Gasteiger charge is 2.47. The molecule has 1 aromatic carbocycles. The lowest BCUT2D eigenvalue weighted by Gasteiger charge is -2.51. The number of carbonyl (C=O) groups is 1. The van der Waals surface area contributed by atoms with E-state index in [1.165, 1.54) is 6.07 Å². The Morgan fingerprint density at radius 3 is 2.52 bits per heavy atom. The van der Waals surface area contributed by atoms with Crippen LogP contribution in [0.1, 0.15) is 31.2 Å². The summed E-state index contributed by atoms with van der Waals surface area (Å²) in [7, 11) is 0. The molecule has 4 nitrogen and oxygen atoms in total. The van der Waals surface area contributed by atoms with Crippen LogP contribution in [0.3, 0.4) is 0 Å². The molecule has 0 unspecified atom stereocenters. The van der Waals surface area contributed by atoms with Gasteiger partial charge in [0, 0.05) is 4.47 Å². The van der Waals surface area contributed by atoms with Gasteiger partial charge in [0.1, 0.15) is 5.75 Å². The molecule has 138 valence electrons. The molecule has 0 radical (unpaired) electrons. The number of benzene rings is 1. The van der Waals surface area contributed by atoms with Crippen LogP contribution >= 0.6 is 15.9 Å². The van der Waals surface area contributed by atoms with Crippen molar-refractivity contribution >= 4 is 21.9 Å². The normalized spacial score (nSPS) is 21.1. The Labute approximate surface area is 152 Å². The number of aliphatic carboxylic acids is 1. The van der Waals surface area contributed by atoms with Crippen molar-refractivity contribution in [1.82, 2.24) is 4.90 Å². The molecule has 1 saturated heterocycles. The summed E-state index contributed by atoms with van der Waals surface area (Å²) >= 11 is 2.92. The summed E-state index contributed by atoms with van der Waals surface area (Å²) in [5.74, 6) is -0.583. The maximum Gasteiger partial charge on any atom is 0.417 e. The topological polar surface area (TPSA) is 49.8 Å². The van der Waals surface area contributed by atoms with Crippen LogP contribution in [0.15, 0.2) is 22.7 Å². The van der Waals surface area contributed by atoms with Crippen LogP contribution in [-0.2, 0) is 11.0 Å². The average Bonchev–Trinajstić information content (AvgIpc) is 2.48. The highest BCUT2D eigenvalue weighted by atomic mass is 79.9. The van der Waals surface area contributed by atoms with E-state index in [9.17, 15) is 18.0 Å². The fourth-order valence-electron chi connectivity index (χ4n) is 3.76. The van der Waals surface area contributed by atoms with E-state index >= 15 is 0 Å². The number of hydrogen-bond acceptors (Lipinski definition) is 3. The molecule has 2 fully saturated rings. The number of halogens is 4. The fourth-order valence-corrected chi connectivity index (χ4v) is 4.23. The first-order valence-electron chi connectivity index (χ1n) is 8.14. The lowest BCUT2D eigenvalue weighted by atomic mass is 9.61. The van der Waals surface area contributed by atoms with Crippen molar-refractivity contribution < 1.29 is 27.8 Å². The fraction of sp³-hybridized carbons (Fsp3) is 0.588. The molecule has 1 aliphatic heterocycles. The molecular formula is C17H19BrF3NO3. The third-order valence-corrected chi connectivity index (χ3v) is 5.83. The molecule has 1 aliphatic carbocycles. The molecule has 3 rings (SSSR count). The smallest absolute Gasteiger partial charge is 0.417 e. The van der Waals surface area contributed by atoms with E-state index in [1.807, 2.05) is 4.90 Å². The Morgan fingerprint density at radius 1 is 1.32 bits per heavy atom. The minimum absolute atomic E-state index is 0.00299. The van der Waals surface area contributed by atoms with E-state index in [0.717, 1.165) is 44.8 Å². The van der Waals surface area contributed by atoms with Crippen molar-refractivity contribution in [3.05, 3.63) is 28.2 Å². The standard InChI is InChI=1S/C17H19BrF3NO3/c18-14-2-1-11(7-13(14)17(19,20)21)25-12-8-16(9-12)3-5-22(6-4-16)10-15(23)24/h1-2,7,12H,3-6,8-10H2,(H,23,24). The number of hydrogen-bond donors (Lipinski definition) is 1. The number of nitrogens with zero attached hydrogens (tertiary/aromatic N) is 1. The van der Waals surface area contributed by atoms with Gasteiger partial charge in [0.25, 0.3) is 0 Å². The van der Waals surface area contributed by atoms with E-state index in [0.29, 0.717) is 0 Å². The molecule has 0 bridgehead atoms. The molecule has 0 atom stereocenters. The molecule has 0 amide bonds. The van der Waals surface area contributed by atoms with Crippen molar-refractivity contribution in [2.75, 3.05) is 19.6 Å². The zero-order valence-corrected chi connectivity index (χ0v) is 15.1. The first kappa shape index (κ1) is 18.5. The van der Waals surface area contributed by atoms with Gasteiger partial charge in [-0.3, -0.25) is 9.69 Å². The summed E-state index contributed by atoms with van der Waals surface area (Å²) in [6, 6.07) is 3.93. The molecular weight excluding hydrogens is 403 g/mol. The predicted molar refractivity (Wildman–Crippen MR) is 88.5 cm³/mol. The van der Waals surface area contributed by atoms with Gasteiger partial charge in [-0.25, -0.2) is 0 Å². The third-order valence-electron chi connectivity index (χ3n) is 5.14. The number of piperidine rings is 1. The summed E-state index contributed by atoms with van der Waals surface area (Å²) in [4.78, 5) is 12.7. The van der Waals surface area contributed by atoms with Gasteiger partial charge < -0.3 is 9.84 Å². The number of carboxylic acid groups (broad SMARTS) is 1. The summed E-state index contributed by atoms with van der Waals surface area (Å²) in [6.45, 7) is 1.56. The van der Waals surface area contributed by atoms with Crippen LogP contribution in [0, 0.1) is 5.41 Å². The number of carboxylic acids is 1. The van der Waals surface area contributed by atoms with Gasteiger partial charge in [0.2, 0.25) is 0 Å². The van der Waals surface area contributed by atoms with E-state index in [4.69, 9.17) is 9.84 Å². The molecule has 25 heavy (non-hydrogen) atoms. The van der Waals surface area contributed by atoms with E-state index in [1.54, 1.807) is 6.07 Å². The Kier molecular flexibility index (Phi) is 5.03. The predicted octanol–water partition coefficient (Wildman–Crippen LogP) is 4.18. The number of alkyl halides is 3. The van der Waals surface area contributed by atoms with Crippen molar-refractivity contribution in [3.8, 4) is 5.75 Å². The Hall–Kier alpha value is -1.28. The second-order valence-electron chi connectivity index (χ2n) is 6.96. The molecule has 1 N–H and O–H groups in total. The number of rotatable bonds is 4. The van der Waals surface area contributed by atoms with Crippen LogP contribution < -0.4 is 4.74 Å². The molecule has 1 saturated carbocycles. The maximum absolute atomic E-state index is 12.9. The van der Waals surface area contributed by atoms with Gasteiger partial charge >= 0.3 is 12.1 Å². The molecule has 1 aromatic rings. The van der Waals surface area contributed by atoms with E-state index in [2.05, 4.69) is 15.9 Å². The highest BCUT2D eigenvalue weighted by molar-refractivity contribution is 9.10. The van der Waals surface area contributed by atoms with Crippen molar-refractivity contribution in [1.29, 1.82) is 0 Å². The third kappa shape index (κ3) is 4.28. The second-order valence-corrected chi connectivity index (χ2v) is 7.81. The summed E-state index contributed by atoms with van der Waals surface area (Å²) < 4.78 is 44.6. The van der Waals surface area contributed by atoms with Gasteiger partial charge in [-0.2, -0.15) is 13.2 Å². The number of likely N-dealkylation sites (tertiary alicyclic amines) is 1. The van der Waals surface area contributed by atoms with Crippen LogP contribution in [0.2, 0.25) is 0 Å². The van der Waals surface area contributed by atoms with Gasteiger partial charge in [-0.15, -0.1) is 0 Å². The molecule has 1 spiro atoms. The SMILES string of the molecule is O=C(O)CN1CCC2(CC1)CC(Oc1ccc(Br)c(C(F)(F)F)c1)C2. The monoisotopic (exact) mass is 421 g/mol. The molecule has 1 heterocycles. The molecule has 0 aromatic heterocycles. The zero-order chi connectivity index (χ0) is 18.2. The zero-order valence-electron chi connectivity index (χ0n) is 13.5. The lowest BCUT2D eigenvalue weighted by molar-refractivity contribution is -0.140. The molecule has 8 heteroatoms. The van der Waals surface area contributed by atoms with Crippen molar-refractivity contribution in [3.63, 3.8) is 0 Å². The van der Waals surface area contributed by atoms with Crippen LogP contribution in [-0.4, -0.2) is 41.7 Å². The minimum atomic E-state index is -4.42. The Bertz CT molecular complexity index is 649. The Balaban J connectivity index is 1.54. The van der Waals surface area contributed by atoms with Crippen LogP contribution in [0.4, 0.5) is 13.2 Å². The summed E-state index contributed by atoms with van der Waals surface area (Å²) in [5.41, 5.74) is -0.581. The van der Waals surface area contributed by atoms with E-state index < -0.39 is 17.7 Å².